The van der Waals surface area contributed by atoms with Crippen LogP contribution in [0, 0.1) is 13.8 Å². The van der Waals surface area contributed by atoms with E-state index >= 15 is 0 Å². The number of hydrogen-bond donors (Lipinski definition) is 1. The van der Waals surface area contributed by atoms with Crippen LogP contribution in [-0.4, -0.2) is 19.1 Å². The molecule has 1 N–H and O–H groups in total. The zero-order chi connectivity index (χ0) is 18.8. The lowest BCUT2D eigenvalue weighted by Crippen LogP contribution is -2.13. The number of amides is 1. The summed E-state index contributed by atoms with van der Waals surface area (Å²) < 4.78 is 11.4. The van der Waals surface area contributed by atoms with Crippen LogP contribution in [0.15, 0.2) is 42.5 Å². The molecule has 140 valence electrons. The van der Waals surface area contributed by atoms with Crippen molar-refractivity contribution in [1.29, 1.82) is 0 Å². The lowest BCUT2D eigenvalue weighted by Gasteiger charge is -2.11. The van der Waals surface area contributed by atoms with Crippen LogP contribution in [0.3, 0.4) is 0 Å². The van der Waals surface area contributed by atoms with Gasteiger partial charge in [-0.25, -0.2) is 0 Å². The van der Waals surface area contributed by atoms with Crippen LogP contribution in [0.25, 0.3) is 0 Å². The molecule has 0 aliphatic carbocycles. The lowest BCUT2D eigenvalue weighted by atomic mass is 10.1. The lowest BCUT2D eigenvalue weighted by molar-refractivity contribution is -0.116. The Hall–Kier alpha value is -2.49. The Morgan fingerprint density at radius 2 is 1.69 bits per heavy atom. The highest BCUT2D eigenvalue weighted by atomic mass is 16.5. The highest BCUT2D eigenvalue weighted by Gasteiger charge is 2.05. The largest absolute Gasteiger partial charge is 0.494 e. The zero-order valence-corrected chi connectivity index (χ0v) is 16.0. The van der Waals surface area contributed by atoms with Crippen molar-refractivity contribution < 1.29 is 14.3 Å². The Kier molecular flexibility index (Phi) is 8.00. The van der Waals surface area contributed by atoms with Gasteiger partial charge in [0.2, 0.25) is 5.91 Å². The molecule has 0 fully saturated rings. The molecule has 0 aliphatic heterocycles. The number of unbranched alkanes of at least 4 members (excludes halogenated alkanes) is 1. The fourth-order valence-electron chi connectivity index (χ4n) is 2.49. The van der Waals surface area contributed by atoms with Gasteiger partial charge in [0.1, 0.15) is 11.5 Å². The maximum Gasteiger partial charge on any atom is 0.224 e. The van der Waals surface area contributed by atoms with Gasteiger partial charge in [-0.1, -0.05) is 25.5 Å². The van der Waals surface area contributed by atoms with E-state index in [2.05, 4.69) is 25.2 Å². The van der Waals surface area contributed by atoms with E-state index in [1.165, 1.54) is 5.56 Å². The van der Waals surface area contributed by atoms with Crippen molar-refractivity contribution in [3.8, 4) is 11.5 Å². The smallest absolute Gasteiger partial charge is 0.224 e. The van der Waals surface area contributed by atoms with Gasteiger partial charge < -0.3 is 14.8 Å². The average molecular weight is 355 g/mol. The first-order valence-electron chi connectivity index (χ1n) is 9.32. The molecule has 0 heterocycles. The maximum atomic E-state index is 12.0. The summed E-state index contributed by atoms with van der Waals surface area (Å²) in [5, 5.41) is 2.91. The molecular weight excluding hydrogens is 326 g/mol. The van der Waals surface area contributed by atoms with Crippen molar-refractivity contribution in [3.05, 3.63) is 53.6 Å². The maximum absolute atomic E-state index is 12.0. The van der Waals surface area contributed by atoms with E-state index in [0.29, 0.717) is 19.4 Å². The Balaban J connectivity index is 1.69. The molecule has 0 saturated carbocycles. The Labute approximate surface area is 156 Å². The van der Waals surface area contributed by atoms with Gasteiger partial charge in [-0.3, -0.25) is 4.79 Å². The number of aryl methyl sites for hydroxylation is 1. The number of anilines is 1. The number of rotatable bonds is 10. The molecule has 0 saturated heterocycles. The van der Waals surface area contributed by atoms with Crippen LogP contribution in [0.5, 0.6) is 11.5 Å². The summed E-state index contributed by atoms with van der Waals surface area (Å²) in [6, 6.07) is 13.5. The topological polar surface area (TPSA) is 47.6 Å². The first-order valence-corrected chi connectivity index (χ1v) is 9.32. The third kappa shape index (κ3) is 6.43. The average Bonchev–Trinajstić information content (AvgIpc) is 2.64. The van der Waals surface area contributed by atoms with Gasteiger partial charge in [0, 0.05) is 12.1 Å². The quantitative estimate of drug-likeness (QED) is 0.590. The van der Waals surface area contributed by atoms with E-state index in [-0.39, 0.29) is 5.91 Å². The summed E-state index contributed by atoms with van der Waals surface area (Å²) in [4.78, 5) is 12.0. The minimum Gasteiger partial charge on any atom is -0.494 e. The fraction of sp³-hybridized carbons (Fsp3) is 0.409. The third-order valence-electron chi connectivity index (χ3n) is 4.27. The molecule has 0 aliphatic rings. The predicted octanol–water partition coefficient (Wildman–Crippen LogP) is 5.28. The Bertz CT molecular complexity index is 695. The first kappa shape index (κ1) is 19.8. The van der Waals surface area contributed by atoms with Crippen molar-refractivity contribution in [3.63, 3.8) is 0 Å². The van der Waals surface area contributed by atoms with E-state index in [4.69, 9.17) is 9.47 Å². The van der Waals surface area contributed by atoms with E-state index in [9.17, 15) is 4.79 Å². The highest BCUT2D eigenvalue weighted by molar-refractivity contribution is 5.90. The molecule has 0 spiro atoms. The van der Waals surface area contributed by atoms with E-state index in [1.54, 1.807) is 0 Å². The van der Waals surface area contributed by atoms with Crippen molar-refractivity contribution >= 4 is 11.6 Å². The second-order valence-corrected chi connectivity index (χ2v) is 6.42. The molecule has 2 aromatic rings. The molecule has 2 rings (SSSR count). The van der Waals surface area contributed by atoms with Gasteiger partial charge in [0.25, 0.3) is 0 Å². The van der Waals surface area contributed by atoms with E-state index < -0.39 is 0 Å². The van der Waals surface area contributed by atoms with Crippen LogP contribution in [-0.2, 0) is 4.79 Å². The Morgan fingerprint density at radius 3 is 2.42 bits per heavy atom. The van der Waals surface area contributed by atoms with Gasteiger partial charge in [0.15, 0.2) is 0 Å². The molecule has 1 amide bonds. The second kappa shape index (κ2) is 10.5. The third-order valence-corrected chi connectivity index (χ3v) is 4.27. The summed E-state index contributed by atoms with van der Waals surface area (Å²) in [5.41, 5.74) is 3.15. The first-order chi connectivity index (χ1) is 12.6. The van der Waals surface area contributed by atoms with Gasteiger partial charge in [-0.2, -0.15) is 0 Å². The second-order valence-electron chi connectivity index (χ2n) is 6.42. The molecule has 4 nitrogen and oxygen atoms in total. The molecule has 26 heavy (non-hydrogen) atoms. The van der Waals surface area contributed by atoms with E-state index in [1.807, 2.05) is 43.3 Å². The fourth-order valence-corrected chi connectivity index (χ4v) is 2.49. The summed E-state index contributed by atoms with van der Waals surface area (Å²) in [7, 11) is 0. The van der Waals surface area contributed by atoms with Crippen molar-refractivity contribution in [2.45, 2.75) is 46.5 Å². The zero-order valence-electron chi connectivity index (χ0n) is 16.0. The SMILES string of the molecule is CCCCOc1ccc(NC(=O)CCCOc2cccc(C)c2C)cc1. The standard InChI is InChI=1S/C22H29NO3/c1-4-5-15-25-20-13-11-19(12-14-20)23-22(24)10-7-16-26-21-9-6-8-17(2)18(21)3/h6,8-9,11-14H,4-5,7,10,15-16H2,1-3H3,(H,23,24). The van der Waals surface area contributed by atoms with Crippen LogP contribution in [0.1, 0.15) is 43.7 Å². The summed E-state index contributed by atoms with van der Waals surface area (Å²) in [6.45, 7) is 7.50. The molecule has 0 bridgehead atoms. The predicted molar refractivity (Wildman–Crippen MR) is 106 cm³/mol. The van der Waals surface area contributed by atoms with Crippen molar-refractivity contribution in [2.75, 3.05) is 18.5 Å². The van der Waals surface area contributed by atoms with Gasteiger partial charge >= 0.3 is 0 Å². The van der Waals surface area contributed by atoms with E-state index in [0.717, 1.165) is 42.2 Å². The molecule has 2 aromatic carbocycles. The van der Waals surface area contributed by atoms with Gasteiger partial charge in [-0.05, 0) is 68.1 Å². The minimum absolute atomic E-state index is 0.00536. The van der Waals surface area contributed by atoms with Crippen LogP contribution >= 0.6 is 0 Å². The molecule has 0 atom stereocenters. The molecule has 0 unspecified atom stereocenters. The van der Waals surface area contributed by atoms with Crippen molar-refractivity contribution in [2.24, 2.45) is 0 Å². The molecule has 4 heteroatoms. The number of hydrogen-bond acceptors (Lipinski definition) is 3. The monoisotopic (exact) mass is 355 g/mol. The summed E-state index contributed by atoms with van der Waals surface area (Å²) >= 11 is 0. The number of carbonyl (C=O) groups excluding carboxylic acids is 1. The van der Waals surface area contributed by atoms with Crippen LogP contribution in [0.2, 0.25) is 0 Å². The molecule has 0 radical (unpaired) electrons. The number of carbonyl (C=O) groups is 1. The summed E-state index contributed by atoms with van der Waals surface area (Å²) in [6.07, 6.45) is 3.26. The van der Waals surface area contributed by atoms with Crippen LogP contribution in [0.4, 0.5) is 5.69 Å². The Morgan fingerprint density at radius 1 is 0.962 bits per heavy atom. The number of ether oxygens (including phenoxy) is 2. The number of nitrogens with one attached hydrogen (secondary N) is 1. The number of benzene rings is 2. The molecular formula is C22H29NO3. The molecule has 0 aromatic heterocycles. The normalized spacial score (nSPS) is 10.4. The van der Waals surface area contributed by atoms with Crippen LogP contribution < -0.4 is 14.8 Å². The van der Waals surface area contributed by atoms with Gasteiger partial charge in [-0.15, -0.1) is 0 Å². The van der Waals surface area contributed by atoms with Crippen molar-refractivity contribution in [1.82, 2.24) is 0 Å². The van der Waals surface area contributed by atoms with Gasteiger partial charge in [0.05, 0.1) is 13.2 Å². The summed E-state index contributed by atoms with van der Waals surface area (Å²) in [5.74, 6) is 1.72. The highest BCUT2D eigenvalue weighted by Crippen LogP contribution is 2.21. The minimum atomic E-state index is -0.00536.